The third kappa shape index (κ3) is 2.95. The number of benzene rings is 1. The number of hydrogen-bond acceptors (Lipinski definition) is 2. The normalized spacial score (nSPS) is 15.2. The molecule has 3 N–H and O–H groups in total. The third-order valence-electron chi connectivity index (χ3n) is 2.14. The van der Waals surface area contributed by atoms with Crippen molar-refractivity contribution in [3.8, 4) is 0 Å². The molecule has 78 valence electrons. The van der Waals surface area contributed by atoms with E-state index in [0.717, 1.165) is 10.0 Å². The van der Waals surface area contributed by atoms with Crippen molar-refractivity contribution in [1.82, 2.24) is 0 Å². The Morgan fingerprint density at radius 1 is 1.50 bits per heavy atom. The van der Waals surface area contributed by atoms with Crippen LogP contribution in [0, 0.1) is 5.92 Å². The number of hydrogen-bond donors (Lipinski definition) is 2. The van der Waals surface area contributed by atoms with Gasteiger partial charge in [0.2, 0.25) is 0 Å². The highest BCUT2D eigenvalue weighted by molar-refractivity contribution is 9.10. The molecule has 1 rings (SSSR count). The average Bonchev–Trinajstić information content (AvgIpc) is 2.14. The fourth-order valence-corrected chi connectivity index (χ4v) is 2.09. The van der Waals surface area contributed by atoms with Crippen LogP contribution < -0.4 is 5.73 Å². The quantitative estimate of drug-likeness (QED) is 0.893. The van der Waals surface area contributed by atoms with Gasteiger partial charge in [0.25, 0.3) is 0 Å². The van der Waals surface area contributed by atoms with Crippen LogP contribution in [0.1, 0.15) is 18.6 Å². The Balaban J connectivity index is 2.94. The highest BCUT2D eigenvalue weighted by Gasteiger charge is 2.15. The van der Waals surface area contributed by atoms with E-state index < -0.39 is 6.10 Å². The monoisotopic (exact) mass is 277 g/mol. The maximum Gasteiger partial charge on any atom is 0.0828 e. The molecular formula is C10H13BrClNO. The molecule has 0 heterocycles. The molecule has 0 saturated carbocycles. The van der Waals surface area contributed by atoms with E-state index >= 15 is 0 Å². The first-order valence-corrected chi connectivity index (χ1v) is 5.56. The molecular weight excluding hydrogens is 265 g/mol. The van der Waals surface area contributed by atoms with Crippen molar-refractivity contribution in [2.24, 2.45) is 11.7 Å². The summed E-state index contributed by atoms with van der Waals surface area (Å²) >= 11 is 9.20. The van der Waals surface area contributed by atoms with Gasteiger partial charge in [0.05, 0.1) is 6.10 Å². The van der Waals surface area contributed by atoms with Gasteiger partial charge < -0.3 is 10.8 Å². The Bertz CT molecular complexity index is 299. The Labute approximate surface area is 97.2 Å². The van der Waals surface area contributed by atoms with E-state index in [0.29, 0.717) is 11.6 Å². The Morgan fingerprint density at radius 3 is 2.64 bits per heavy atom. The van der Waals surface area contributed by atoms with Crippen molar-refractivity contribution in [1.29, 1.82) is 0 Å². The van der Waals surface area contributed by atoms with Crippen LogP contribution in [0.15, 0.2) is 22.7 Å². The Morgan fingerprint density at radius 2 is 2.14 bits per heavy atom. The number of nitrogens with two attached hydrogens (primary N) is 1. The number of aliphatic hydroxyl groups is 1. The molecule has 0 spiro atoms. The number of halogens is 2. The summed E-state index contributed by atoms with van der Waals surface area (Å²) in [5.74, 6) is 0.0281. The predicted molar refractivity (Wildman–Crippen MR) is 62.3 cm³/mol. The zero-order chi connectivity index (χ0) is 10.7. The van der Waals surface area contributed by atoms with Crippen LogP contribution in [0.25, 0.3) is 0 Å². The lowest BCUT2D eigenvalue weighted by Gasteiger charge is -2.17. The smallest absolute Gasteiger partial charge is 0.0828 e. The third-order valence-corrected chi connectivity index (χ3v) is 2.81. The summed E-state index contributed by atoms with van der Waals surface area (Å²) in [7, 11) is 0. The molecule has 2 atom stereocenters. The molecule has 2 unspecified atom stereocenters. The SMILES string of the molecule is CC(CN)C(O)c1cc(Cl)cc(Br)c1. The minimum absolute atomic E-state index is 0.0281. The first-order valence-electron chi connectivity index (χ1n) is 4.38. The van der Waals surface area contributed by atoms with Crippen LogP contribution in [0.5, 0.6) is 0 Å². The van der Waals surface area contributed by atoms with E-state index in [9.17, 15) is 5.11 Å². The molecule has 0 aliphatic heterocycles. The molecule has 4 heteroatoms. The lowest BCUT2D eigenvalue weighted by atomic mass is 9.98. The summed E-state index contributed by atoms with van der Waals surface area (Å²) in [5, 5.41) is 10.5. The summed E-state index contributed by atoms with van der Waals surface area (Å²) in [6.45, 7) is 2.35. The van der Waals surface area contributed by atoms with Gasteiger partial charge in [0.15, 0.2) is 0 Å². The molecule has 0 amide bonds. The van der Waals surface area contributed by atoms with Gasteiger partial charge in [-0.15, -0.1) is 0 Å². The second-order valence-corrected chi connectivity index (χ2v) is 4.71. The van der Waals surface area contributed by atoms with Crippen LogP contribution in [0.2, 0.25) is 5.02 Å². The van der Waals surface area contributed by atoms with Crippen molar-refractivity contribution in [2.45, 2.75) is 13.0 Å². The molecule has 14 heavy (non-hydrogen) atoms. The minimum Gasteiger partial charge on any atom is -0.388 e. The van der Waals surface area contributed by atoms with Crippen molar-refractivity contribution in [2.75, 3.05) is 6.54 Å². The average molecular weight is 279 g/mol. The van der Waals surface area contributed by atoms with Crippen molar-refractivity contribution in [3.63, 3.8) is 0 Å². The second-order valence-electron chi connectivity index (χ2n) is 3.36. The Hall–Kier alpha value is -0.0900. The highest BCUT2D eigenvalue weighted by atomic mass is 79.9. The van der Waals surface area contributed by atoms with Crippen LogP contribution in [0.3, 0.4) is 0 Å². The standard InChI is InChI=1S/C10H13BrClNO/c1-6(5-13)10(14)7-2-8(11)4-9(12)3-7/h2-4,6,10,14H,5,13H2,1H3. The summed E-state index contributed by atoms with van der Waals surface area (Å²) in [5.41, 5.74) is 6.28. The van der Waals surface area contributed by atoms with Crippen molar-refractivity contribution >= 4 is 27.5 Å². The minimum atomic E-state index is -0.560. The zero-order valence-electron chi connectivity index (χ0n) is 7.87. The van der Waals surface area contributed by atoms with E-state index in [1.165, 1.54) is 0 Å². The topological polar surface area (TPSA) is 46.2 Å². The predicted octanol–water partition coefficient (Wildman–Crippen LogP) is 2.73. The fourth-order valence-electron chi connectivity index (χ4n) is 1.20. The lowest BCUT2D eigenvalue weighted by Crippen LogP contribution is -2.18. The van der Waals surface area contributed by atoms with Gasteiger partial charge in [-0.3, -0.25) is 0 Å². The Kier molecular flexibility index (Phi) is 4.38. The molecule has 0 aromatic heterocycles. The summed E-state index contributed by atoms with van der Waals surface area (Å²) in [4.78, 5) is 0. The first-order chi connectivity index (χ1) is 6.54. The molecule has 0 radical (unpaired) electrons. The van der Waals surface area contributed by atoms with Crippen LogP contribution in [-0.2, 0) is 0 Å². The van der Waals surface area contributed by atoms with Crippen LogP contribution in [-0.4, -0.2) is 11.7 Å². The number of aliphatic hydroxyl groups excluding tert-OH is 1. The van der Waals surface area contributed by atoms with E-state index in [4.69, 9.17) is 17.3 Å². The maximum atomic E-state index is 9.88. The van der Waals surface area contributed by atoms with Gasteiger partial charge in [-0.05, 0) is 36.2 Å². The van der Waals surface area contributed by atoms with Gasteiger partial charge in [-0.25, -0.2) is 0 Å². The van der Waals surface area contributed by atoms with Gasteiger partial charge in [-0.1, -0.05) is 34.5 Å². The molecule has 1 aromatic rings. The molecule has 0 fully saturated rings. The van der Waals surface area contributed by atoms with Crippen LogP contribution in [0.4, 0.5) is 0 Å². The summed E-state index contributed by atoms with van der Waals surface area (Å²) in [6, 6.07) is 5.39. The van der Waals surface area contributed by atoms with Crippen LogP contribution >= 0.6 is 27.5 Å². The molecule has 0 aliphatic carbocycles. The van der Waals surface area contributed by atoms with E-state index in [1.807, 2.05) is 13.0 Å². The molecule has 1 aromatic carbocycles. The van der Waals surface area contributed by atoms with E-state index in [-0.39, 0.29) is 5.92 Å². The zero-order valence-corrected chi connectivity index (χ0v) is 10.2. The second kappa shape index (κ2) is 5.12. The molecule has 2 nitrogen and oxygen atoms in total. The van der Waals surface area contributed by atoms with Gasteiger partial charge in [0.1, 0.15) is 0 Å². The van der Waals surface area contributed by atoms with Crippen molar-refractivity contribution in [3.05, 3.63) is 33.3 Å². The van der Waals surface area contributed by atoms with E-state index in [1.54, 1.807) is 12.1 Å². The fraction of sp³-hybridized carbons (Fsp3) is 0.400. The summed E-state index contributed by atoms with van der Waals surface area (Å²) < 4.78 is 0.864. The van der Waals surface area contributed by atoms with Gasteiger partial charge in [-0.2, -0.15) is 0 Å². The summed E-state index contributed by atoms with van der Waals surface area (Å²) in [6.07, 6.45) is -0.560. The first kappa shape index (κ1) is 12.0. The molecule has 0 saturated heterocycles. The highest BCUT2D eigenvalue weighted by Crippen LogP contribution is 2.27. The molecule has 0 bridgehead atoms. The molecule has 0 aliphatic rings. The lowest BCUT2D eigenvalue weighted by molar-refractivity contribution is 0.121. The van der Waals surface area contributed by atoms with E-state index in [2.05, 4.69) is 15.9 Å². The van der Waals surface area contributed by atoms with Gasteiger partial charge in [0, 0.05) is 9.50 Å². The largest absolute Gasteiger partial charge is 0.388 e. The maximum absolute atomic E-state index is 9.88. The van der Waals surface area contributed by atoms with Crippen molar-refractivity contribution < 1.29 is 5.11 Å². The van der Waals surface area contributed by atoms with Gasteiger partial charge >= 0.3 is 0 Å². The number of rotatable bonds is 3.